The molecule has 1 heterocycles. The van der Waals surface area contributed by atoms with Crippen molar-refractivity contribution in [2.24, 2.45) is 0 Å². The molecule has 0 radical (unpaired) electrons. The fourth-order valence-corrected chi connectivity index (χ4v) is 3.16. The van der Waals surface area contributed by atoms with E-state index < -0.39 is 5.82 Å². The number of hydrogen-bond donors (Lipinski definition) is 1. The van der Waals surface area contributed by atoms with E-state index in [2.05, 4.69) is 5.32 Å². The van der Waals surface area contributed by atoms with Crippen LogP contribution in [0.15, 0.2) is 42.5 Å². The molecule has 1 atom stereocenters. The molecule has 3 rings (SSSR count). The normalized spacial score (nSPS) is 16.9. The summed E-state index contributed by atoms with van der Waals surface area (Å²) in [5.41, 5.74) is 0.882. The van der Waals surface area contributed by atoms with Crippen LogP contribution in [0.4, 0.5) is 4.39 Å². The van der Waals surface area contributed by atoms with Gasteiger partial charge in [0.25, 0.3) is 5.91 Å². The van der Waals surface area contributed by atoms with Crippen molar-refractivity contribution in [2.75, 3.05) is 26.7 Å². The van der Waals surface area contributed by atoms with Gasteiger partial charge in [-0.05, 0) is 24.3 Å². The lowest BCUT2D eigenvalue weighted by Gasteiger charge is -2.37. The van der Waals surface area contributed by atoms with Gasteiger partial charge in [-0.25, -0.2) is 4.39 Å². The van der Waals surface area contributed by atoms with E-state index in [1.54, 1.807) is 12.0 Å². The van der Waals surface area contributed by atoms with Crippen LogP contribution in [0.2, 0.25) is 5.02 Å². The van der Waals surface area contributed by atoms with Crippen molar-refractivity contribution in [1.29, 1.82) is 0 Å². The van der Waals surface area contributed by atoms with E-state index in [9.17, 15) is 9.18 Å². The first-order valence-corrected chi connectivity index (χ1v) is 8.09. The highest BCUT2D eigenvalue weighted by atomic mass is 35.5. The summed E-state index contributed by atoms with van der Waals surface area (Å²) < 4.78 is 19.5. The molecule has 1 N–H and O–H groups in total. The van der Waals surface area contributed by atoms with Gasteiger partial charge in [0, 0.05) is 30.2 Å². The van der Waals surface area contributed by atoms with Gasteiger partial charge in [-0.3, -0.25) is 4.79 Å². The molecule has 4 nitrogen and oxygen atoms in total. The smallest absolute Gasteiger partial charge is 0.257 e. The van der Waals surface area contributed by atoms with Crippen molar-refractivity contribution in [3.8, 4) is 5.75 Å². The highest BCUT2D eigenvalue weighted by Gasteiger charge is 2.31. The van der Waals surface area contributed by atoms with Crippen LogP contribution in [0.25, 0.3) is 0 Å². The van der Waals surface area contributed by atoms with Crippen LogP contribution in [0.3, 0.4) is 0 Å². The fourth-order valence-electron chi connectivity index (χ4n) is 2.98. The summed E-state index contributed by atoms with van der Waals surface area (Å²) in [6.07, 6.45) is 0. The average molecular weight is 385 g/mol. The second-order valence-electron chi connectivity index (χ2n) is 5.58. The van der Waals surface area contributed by atoms with Gasteiger partial charge >= 0.3 is 0 Å². The van der Waals surface area contributed by atoms with Gasteiger partial charge in [0.2, 0.25) is 0 Å². The van der Waals surface area contributed by atoms with E-state index in [1.165, 1.54) is 18.2 Å². The van der Waals surface area contributed by atoms with Crippen LogP contribution >= 0.6 is 24.0 Å². The summed E-state index contributed by atoms with van der Waals surface area (Å²) >= 11 is 5.93. The summed E-state index contributed by atoms with van der Waals surface area (Å²) in [6.45, 7) is 1.71. The molecule has 1 fully saturated rings. The SMILES string of the molecule is COc1ccccc1C1CNCCN1C(=O)c1cc(Cl)ccc1F.Cl. The molecule has 1 amide bonds. The van der Waals surface area contributed by atoms with Gasteiger partial charge < -0.3 is 15.0 Å². The summed E-state index contributed by atoms with van der Waals surface area (Å²) in [4.78, 5) is 14.6. The molecular formula is C18H19Cl2FN2O2. The Labute approximate surface area is 157 Å². The van der Waals surface area contributed by atoms with Gasteiger partial charge in [-0.15, -0.1) is 12.4 Å². The van der Waals surface area contributed by atoms with E-state index >= 15 is 0 Å². The monoisotopic (exact) mass is 384 g/mol. The van der Waals surface area contributed by atoms with E-state index in [0.29, 0.717) is 30.4 Å². The maximum absolute atomic E-state index is 14.1. The number of methoxy groups -OCH3 is 1. The third-order valence-electron chi connectivity index (χ3n) is 4.16. The number of rotatable bonds is 3. The van der Waals surface area contributed by atoms with E-state index in [1.807, 2.05) is 24.3 Å². The highest BCUT2D eigenvalue weighted by Crippen LogP contribution is 2.31. The Bertz CT molecular complexity index is 758. The first-order valence-electron chi connectivity index (χ1n) is 7.71. The molecule has 0 saturated carbocycles. The highest BCUT2D eigenvalue weighted by molar-refractivity contribution is 6.31. The topological polar surface area (TPSA) is 41.6 Å². The molecule has 0 spiro atoms. The molecule has 0 aromatic heterocycles. The minimum absolute atomic E-state index is 0. The van der Waals surface area contributed by atoms with Crippen molar-refractivity contribution < 1.29 is 13.9 Å². The Morgan fingerprint density at radius 2 is 2.08 bits per heavy atom. The molecule has 1 saturated heterocycles. The number of nitrogens with zero attached hydrogens (tertiary/aromatic N) is 1. The minimum Gasteiger partial charge on any atom is -0.496 e. The number of benzene rings is 2. The van der Waals surface area contributed by atoms with Crippen molar-refractivity contribution in [3.05, 3.63) is 64.4 Å². The lowest BCUT2D eigenvalue weighted by molar-refractivity contribution is 0.0627. The molecule has 25 heavy (non-hydrogen) atoms. The summed E-state index contributed by atoms with van der Waals surface area (Å²) in [6, 6.07) is 11.3. The quantitative estimate of drug-likeness (QED) is 0.876. The summed E-state index contributed by atoms with van der Waals surface area (Å²) in [7, 11) is 1.60. The van der Waals surface area contributed by atoms with Crippen molar-refractivity contribution in [3.63, 3.8) is 0 Å². The molecule has 1 unspecified atom stereocenters. The number of amides is 1. The number of nitrogens with one attached hydrogen (secondary N) is 1. The lowest BCUT2D eigenvalue weighted by Crippen LogP contribution is -2.49. The Morgan fingerprint density at radius 1 is 1.32 bits per heavy atom. The predicted octanol–water partition coefficient (Wildman–Crippen LogP) is 3.70. The van der Waals surface area contributed by atoms with Gasteiger partial charge in [0.15, 0.2) is 0 Å². The molecule has 134 valence electrons. The molecule has 0 aliphatic carbocycles. The van der Waals surface area contributed by atoms with Crippen LogP contribution in [0, 0.1) is 5.82 Å². The van der Waals surface area contributed by atoms with Gasteiger partial charge in [-0.1, -0.05) is 29.8 Å². The number of para-hydroxylation sites is 1. The Kier molecular flexibility index (Phi) is 6.64. The second kappa shape index (κ2) is 8.52. The van der Waals surface area contributed by atoms with Crippen molar-refractivity contribution in [1.82, 2.24) is 10.2 Å². The van der Waals surface area contributed by atoms with Crippen LogP contribution < -0.4 is 10.1 Å². The zero-order chi connectivity index (χ0) is 17.1. The van der Waals surface area contributed by atoms with Gasteiger partial charge in [-0.2, -0.15) is 0 Å². The third kappa shape index (κ3) is 4.06. The zero-order valence-corrected chi connectivity index (χ0v) is 15.2. The minimum atomic E-state index is -0.568. The van der Waals surface area contributed by atoms with Gasteiger partial charge in [0.05, 0.1) is 18.7 Å². The number of halogens is 3. The first-order chi connectivity index (χ1) is 11.6. The zero-order valence-electron chi connectivity index (χ0n) is 13.7. The predicted molar refractivity (Wildman–Crippen MR) is 98.3 cm³/mol. The molecule has 2 aromatic rings. The van der Waals surface area contributed by atoms with Crippen molar-refractivity contribution in [2.45, 2.75) is 6.04 Å². The Balaban J connectivity index is 0.00000225. The summed E-state index contributed by atoms with van der Waals surface area (Å²) in [5, 5.41) is 3.61. The summed E-state index contributed by atoms with van der Waals surface area (Å²) in [5.74, 6) is -0.232. The van der Waals surface area contributed by atoms with Gasteiger partial charge in [0.1, 0.15) is 11.6 Å². The second-order valence-corrected chi connectivity index (χ2v) is 6.02. The standard InChI is InChI=1S/C18H18ClFN2O2.ClH/c1-24-17-5-3-2-4-13(17)16-11-21-8-9-22(16)18(23)14-10-12(19)6-7-15(14)20;/h2-7,10,16,21H,8-9,11H2,1H3;1H. The van der Waals surface area contributed by atoms with Crippen molar-refractivity contribution >= 4 is 29.9 Å². The van der Waals surface area contributed by atoms with Crippen LogP contribution in [-0.4, -0.2) is 37.6 Å². The first kappa shape index (κ1) is 19.5. The molecular weight excluding hydrogens is 366 g/mol. The number of piperazine rings is 1. The molecule has 0 bridgehead atoms. The van der Waals surface area contributed by atoms with Crippen LogP contribution in [0.1, 0.15) is 22.0 Å². The molecule has 1 aliphatic rings. The Hall–Kier alpha value is -1.82. The lowest BCUT2D eigenvalue weighted by atomic mass is 10.0. The number of ether oxygens (including phenoxy) is 1. The fraction of sp³-hybridized carbons (Fsp3) is 0.278. The van der Waals surface area contributed by atoms with Crippen LogP contribution in [-0.2, 0) is 0 Å². The number of carbonyl (C=O) groups is 1. The molecule has 1 aliphatic heterocycles. The Morgan fingerprint density at radius 3 is 2.84 bits per heavy atom. The third-order valence-corrected chi connectivity index (χ3v) is 4.40. The number of hydrogen-bond acceptors (Lipinski definition) is 3. The van der Waals surface area contributed by atoms with E-state index in [4.69, 9.17) is 16.3 Å². The molecule has 2 aromatic carbocycles. The largest absolute Gasteiger partial charge is 0.496 e. The maximum atomic E-state index is 14.1. The van der Waals surface area contributed by atoms with Crippen LogP contribution in [0.5, 0.6) is 5.75 Å². The van der Waals surface area contributed by atoms with E-state index in [0.717, 1.165) is 5.56 Å². The average Bonchev–Trinajstić information content (AvgIpc) is 2.63. The molecule has 7 heteroatoms. The number of carbonyl (C=O) groups excluding carboxylic acids is 1. The van der Waals surface area contributed by atoms with E-state index in [-0.39, 0.29) is 29.9 Å². The maximum Gasteiger partial charge on any atom is 0.257 e.